The van der Waals surface area contributed by atoms with Gasteiger partial charge in [0.05, 0.1) is 32.9 Å². The number of azo groups is 1. The Morgan fingerprint density at radius 3 is 2.08 bits per heavy atom. The summed E-state index contributed by atoms with van der Waals surface area (Å²) in [6.45, 7) is 2.82. The van der Waals surface area contributed by atoms with Crippen molar-refractivity contribution in [3.63, 3.8) is 0 Å². The summed E-state index contributed by atoms with van der Waals surface area (Å²) in [5.74, 6) is -0.365. The van der Waals surface area contributed by atoms with E-state index in [1.165, 1.54) is 12.1 Å². The van der Waals surface area contributed by atoms with Crippen molar-refractivity contribution in [2.24, 2.45) is 20.2 Å². The van der Waals surface area contributed by atoms with Gasteiger partial charge in [-0.25, -0.2) is 0 Å². The van der Waals surface area contributed by atoms with Crippen LogP contribution in [0, 0.1) is 0 Å². The standard InChI is InChI=1S/C24H28N8O4/c33-15-7-8-16(34)20-19(15)21(35)17-13(29-31-23-25-9-1-2-10-26-23)5-6-14(18(17)22(20)36)30-32-24-27-11-3-4-12-28-24/h5-8,29,33-36H,1-4,9-12H2,(H,27,28)(H2,25,26,31). The van der Waals surface area contributed by atoms with Gasteiger partial charge < -0.3 is 31.1 Å². The predicted molar refractivity (Wildman–Crippen MR) is 138 cm³/mol. The number of rotatable bonds is 3. The number of fused-ring (bicyclic) bond motifs is 2. The van der Waals surface area contributed by atoms with E-state index in [4.69, 9.17) is 0 Å². The zero-order valence-corrected chi connectivity index (χ0v) is 19.5. The maximum absolute atomic E-state index is 11.3. The van der Waals surface area contributed by atoms with Gasteiger partial charge >= 0.3 is 0 Å². The number of hydrazine groups is 1. The van der Waals surface area contributed by atoms with E-state index >= 15 is 0 Å². The third kappa shape index (κ3) is 4.44. The van der Waals surface area contributed by atoms with Crippen LogP contribution in [0.15, 0.2) is 44.5 Å². The third-order valence-electron chi connectivity index (χ3n) is 6.14. The van der Waals surface area contributed by atoms with Crippen molar-refractivity contribution < 1.29 is 20.4 Å². The van der Waals surface area contributed by atoms with Crippen molar-refractivity contribution in [2.75, 3.05) is 31.6 Å². The van der Waals surface area contributed by atoms with Crippen LogP contribution >= 0.6 is 0 Å². The summed E-state index contributed by atoms with van der Waals surface area (Å²) in [5.41, 5.74) is 6.66. The van der Waals surface area contributed by atoms with Crippen molar-refractivity contribution in [2.45, 2.75) is 25.7 Å². The molecule has 2 aliphatic rings. The van der Waals surface area contributed by atoms with E-state index in [0.29, 0.717) is 30.7 Å². The second-order valence-corrected chi connectivity index (χ2v) is 8.59. The van der Waals surface area contributed by atoms with E-state index < -0.39 is 0 Å². The molecule has 36 heavy (non-hydrogen) atoms. The summed E-state index contributed by atoms with van der Waals surface area (Å²) in [6.07, 6.45) is 3.90. The number of hydrogen-bond acceptors (Lipinski definition) is 12. The predicted octanol–water partition coefficient (Wildman–Crippen LogP) is 3.29. The Kier molecular flexibility index (Phi) is 6.48. The molecule has 0 saturated heterocycles. The molecule has 0 fully saturated rings. The number of hydrogen-bond donors (Lipinski definition) is 8. The van der Waals surface area contributed by atoms with Crippen LogP contribution in [-0.4, -0.2) is 58.5 Å². The molecular weight excluding hydrogens is 464 g/mol. The Balaban J connectivity index is 1.66. The fourth-order valence-corrected chi connectivity index (χ4v) is 4.32. The second kappa shape index (κ2) is 10.0. The van der Waals surface area contributed by atoms with Gasteiger partial charge in [0.2, 0.25) is 11.9 Å². The van der Waals surface area contributed by atoms with E-state index in [0.717, 1.165) is 38.8 Å². The Morgan fingerprint density at radius 2 is 1.33 bits per heavy atom. The van der Waals surface area contributed by atoms with Crippen molar-refractivity contribution in [1.82, 2.24) is 16.1 Å². The van der Waals surface area contributed by atoms with Gasteiger partial charge in [-0.3, -0.25) is 20.8 Å². The molecule has 0 radical (unpaired) electrons. The van der Waals surface area contributed by atoms with Crippen LogP contribution < -0.4 is 21.5 Å². The number of phenols is 4. The Morgan fingerprint density at radius 1 is 0.667 bits per heavy atom. The summed E-state index contributed by atoms with van der Waals surface area (Å²) >= 11 is 0. The molecule has 3 aromatic rings. The number of guanidine groups is 2. The van der Waals surface area contributed by atoms with Crippen LogP contribution in [0.4, 0.5) is 11.4 Å². The van der Waals surface area contributed by atoms with Gasteiger partial charge in [0.15, 0.2) is 0 Å². The molecule has 0 atom stereocenters. The molecule has 2 heterocycles. The second-order valence-electron chi connectivity index (χ2n) is 8.59. The highest BCUT2D eigenvalue weighted by Gasteiger charge is 2.23. The zero-order valence-electron chi connectivity index (χ0n) is 19.5. The molecule has 0 amide bonds. The first kappa shape index (κ1) is 23.3. The van der Waals surface area contributed by atoms with E-state index in [9.17, 15) is 20.4 Å². The van der Waals surface area contributed by atoms with E-state index in [2.05, 4.69) is 41.7 Å². The van der Waals surface area contributed by atoms with E-state index in [-0.39, 0.29) is 50.2 Å². The first-order chi connectivity index (χ1) is 17.5. The SMILES string of the molecule is Oc1ccc(O)c2c(O)c3c(NNC4=NCCCCN4)ccc(N=NC4=NCCCCN4)c3c(O)c12. The van der Waals surface area contributed by atoms with Gasteiger partial charge in [0.1, 0.15) is 23.0 Å². The molecule has 0 saturated carbocycles. The number of nitrogens with zero attached hydrogens (tertiary/aromatic N) is 4. The number of phenolic OH excluding ortho intramolecular Hbond substituents is 4. The van der Waals surface area contributed by atoms with Crippen LogP contribution in [0.3, 0.4) is 0 Å². The minimum absolute atomic E-state index is 0.0862. The Labute approximate surface area is 206 Å². The summed E-state index contributed by atoms with van der Waals surface area (Å²) < 4.78 is 0. The number of nitrogens with one attached hydrogen (secondary N) is 4. The normalized spacial score (nSPS) is 16.6. The lowest BCUT2D eigenvalue weighted by molar-refractivity contribution is 0.451. The van der Waals surface area contributed by atoms with Gasteiger partial charge in [-0.1, -0.05) is 0 Å². The summed E-state index contributed by atoms with van der Waals surface area (Å²) in [4.78, 5) is 8.79. The average Bonchev–Trinajstić information content (AvgIpc) is 3.31. The molecule has 2 aliphatic heterocycles. The summed E-state index contributed by atoms with van der Waals surface area (Å²) in [6, 6.07) is 5.78. The molecule has 5 rings (SSSR count). The quantitative estimate of drug-likeness (QED) is 0.119. The molecule has 0 unspecified atom stereocenters. The molecular formula is C24H28N8O4. The first-order valence-electron chi connectivity index (χ1n) is 11.9. The molecule has 8 N–H and O–H groups in total. The van der Waals surface area contributed by atoms with Gasteiger partial charge in [-0.05, 0) is 49.9 Å². The smallest absolute Gasteiger partial charge is 0.238 e. The largest absolute Gasteiger partial charge is 0.507 e. The van der Waals surface area contributed by atoms with Gasteiger partial charge in [0.25, 0.3) is 0 Å². The Bertz CT molecular complexity index is 1400. The number of anilines is 1. The van der Waals surface area contributed by atoms with Crippen molar-refractivity contribution in [3.05, 3.63) is 24.3 Å². The summed E-state index contributed by atoms with van der Waals surface area (Å²) in [7, 11) is 0. The minimum Gasteiger partial charge on any atom is -0.507 e. The zero-order chi connectivity index (χ0) is 25.1. The highest BCUT2D eigenvalue weighted by atomic mass is 16.3. The van der Waals surface area contributed by atoms with Gasteiger partial charge in [0, 0.05) is 26.2 Å². The van der Waals surface area contributed by atoms with E-state index in [1.807, 2.05) is 0 Å². The molecule has 0 aromatic heterocycles. The monoisotopic (exact) mass is 492 g/mol. The van der Waals surface area contributed by atoms with Gasteiger partial charge in [-0.2, -0.15) is 0 Å². The maximum Gasteiger partial charge on any atom is 0.238 e. The first-order valence-corrected chi connectivity index (χ1v) is 11.9. The van der Waals surface area contributed by atoms with Crippen LogP contribution in [-0.2, 0) is 0 Å². The topological polar surface area (TPSA) is 178 Å². The van der Waals surface area contributed by atoms with Crippen LogP contribution in [0.2, 0.25) is 0 Å². The Hall–Kier alpha value is -4.48. The van der Waals surface area contributed by atoms with Crippen molar-refractivity contribution in [1.29, 1.82) is 0 Å². The lowest BCUT2D eigenvalue weighted by Gasteiger charge is -2.18. The number of benzene rings is 3. The lowest BCUT2D eigenvalue weighted by Crippen LogP contribution is -2.40. The van der Waals surface area contributed by atoms with Gasteiger partial charge in [-0.15, -0.1) is 10.2 Å². The van der Waals surface area contributed by atoms with Crippen LogP contribution in [0.5, 0.6) is 23.0 Å². The fourth-order valence-electron chi connectivity index (χ4n) is 4.32. The minimum atomic E-state index is -0.357. The molecule has 3 aromatic carbocycles. The molecule has 12 nitrogen and oxygen atoms in total. The third-order valence-corrected chi connectivity index (χ3v) is 6.14. The van der Waals surface area contributed by atoms with Crippen LogP contribution in [0.1, 0.15) is 25.7 Å². The summed E-state index contributed by atoms with van der Waals surface area (Å²) in [5, 5.41) is 58.4. The van der Waals surface area contributed by atoms with Crippen molar-refractivity contribution >= 4 is 44.8 Å². The van der Waals surface area contributed by atoms with Crippen LogP contribution in [0.25, 0.3) is 21.5 Å². The van der Waals surface area contributed by atoms with Crippen molar-refractivity contribution in [3.8, 4) is 23.0 Å². The average molecular weight is 493 g/mol. The molecule has 188 valence electrons. The highest BCUT2D eigenvalue weighted by Crippen LogP contribution is 2.52. The fraction of sp³-hybridized carbons (Fsp3) is 0.333. The lowest BCUT2D eigenvalue weighted by atomic mass is 9.97. The maximum atomic E-state index is 11.3. The molecule has 12 heteroatoms. The highest BCUT2D eigenvalue weighted by molar-refractivity contribution is 6.20. The number of aliphatic imine (C=N–C) groups is 2. The number of aromatic hydroxyl groups is 4. The van der Waals surface area contributed by atoms with E-state index in [1.54, 1.807) is 12.1 Å². The molecule has 0 spiro atoms. The molecule has 0 bridgehead atoms. The molecule has 0 aliphatic carbocycles.